The average Bonchev–Trinajstić information content (AvgIpc) is 2.74. The fourth-order valence-corrected chi connectivity index (χ4v) is 3.10. The van der Waals surface area contributed by atoms with Crippen LogP contribution in [0.5, 0.6) is 0 Å². The second-order valence-corrected chi connectivity index (χ2v) is 5.62. The SMILES string of the molecule is O=C(O)CC1(CC(=O)c2c(F)cc(F)cc2F)CCCC1. The third-order valence-electron chi connectivity index (χ3n) is 4.01. The molecule has 0 atom stereocenters. The summed E-state index contributed by atoms with van der Waals surface area (Å²) in [4.78, 5) is 23.1. The van der Waals surface area contributed by atoms with Crippen molar-refractivity contribution in [2.75, 3.05) is 0 Å². The predicted octanol–water partition coefficient (Wildman–Crippen LogP) is 3.71. The molecule has 0 bridgehead atoms. The van der Waals surface area contributed by atoms with Crippen LogP contribution in [-0.4, -0.2) is 16.9 Å². The van der Waals surface area contributed by atoms with Crippen LogP contribution in [0.3, 0.4) is 0 Å². The molecule has 0 aliphatic heterocycles. The van der Waals surface area contributed by atoms with Crippen molar-refractivity contribution in [3.63, 3.8) is 0 Å². The van der Waals surface area contributed by atoms with Gasteiger partial charge in [-0.15, -0.1) is 0 Å². The molecule has 0 saturated heterocycles. The third-order valence-corrected chi connectivity index (χ3v) is 4.01. The minimum absolute atomic E-state index is 0.205. The Morgan fingerprint density at radius 3 is 2.05 bits per heavy atom. The number of ketones is 1. The second kappa shape index (κ2) is 5.87. The standard InChI is InChI=1S/C15H15F3O3/c16-9-5-10(17)14(11(18)6-9)12(19)7-15(8-13(20)21)3-1-2-4-15/h5-6H,1-4,7-8H2,(H,20,21). The van der Waals surface area contributed by atoms with Crippen molar-refractivity contribution in [2.45, 2.75) is 38.5 Å². The highest BCUT2D eigenvalue weighted by Crippen LogP contribution is 2.45. The van der Waals surface area contributed by atoms with Gasteiger partial charge in [-0.2, -0.15) is 0 Å². The maximum Gasteiger partial charge on any atom is 0.303 e. The van der Waals surface area contributed by atoms with Crippen molar-refractivity contribution < 1.29 is 27.9 Å². The number of carboxylic acid groups (broad SMARTS) is 1. The van der Waals surface area contributed by atoms with E-state index >= 15 is 0 Å². The van der Waals surface area contributed by atoms with E-state index in [1.807, 2.05) is 0 Å². The van der Waals surface area contributed by atoms with E-state index in [9.17, 15) is 22.8 Å². The third kappa shape index (κ3) is 3.43. The molecule has 21 heavy (non-hydrogen) atoms. The van der Waals surface area contributed by atoms with Gasteiger partial charge in [-0.25, -0.2) is 13.2 Å². The number of benzene rings is 1. The molecule has 114 valence electrons. The zero-order valence-electron chi connectivity index (χ0n) is 11.3. The number of hydrogen-bond donors (Lipinski definition) is 1. The van der Waals surface area contributed by atoms with Gasteiger partial charge in [-0.05, 0) is 18.3 Å². The number of rotatable bonds is 5. The molecule has 6 heteroatoms. The smallest absolute Gasteiger partial charge is 0.303 e. The topological polar surface area (TPSA) is 54.4 Å². The Bertz CT molecular complexity index is 555. The monoisotopic (exact) mass is 300 g/mol. The summed E-state index contributed by atoms with van der Waals surface area (Å²) in [6.45, 7) is 0. The molecular weight excluding hydrogens is 285 g/mol. The van der Waals surface area contributed by atoms with Crippen LogP contribution in [0, 0.1) is 22.9 Å². The summed E-state index contributed by atoms with van der Waals surface area (Å²) in [6.07, 6.45) is 2.21. The number of halogens is 3. The molecule has 2 rings (SSSR count). The molecule has 0 unspecified atom stereocenters. The Labute approximate surface area is 119 Å². The van der Waals surface area contributed by atoms with Crippen LogP contribution < -0.4 is 0 Å². The van der Waals surface area contributed by atoms with Gasteiger partial charge in [0.25, 0.3) is 0 Å². The minimum atomic E-state index is -1.25. The zero-order valence-corrected chi connectivity index (χ0v) is 11.3. The van der Waals surface area contributed by atoms with Crippen LogP contribution in [0.15, 0.2) is 12.1 Å². The lowest BCUT2D eigenvalue weighted by atomic mass is 9.77. The first-order valence-corrected chi connectivity index (χ1v) is 6.72. The molecule has 1 N–H and O–H groups in total. The molecule has 0 amide bonds. The highest BCUT2D eigenvalue weighted by Gasteiger charge is 2.39. The zero-order chi connectivity index (χ0) is 15.6. The molecule has 0 heterocycles. The molecule has 1 aliphatic rings. The molecule has 0 spiro atoms. The molecule has 1 aromatic rings. The van der Waals surface area contributed by atoms with Gasteiger partial charge in [-0.3, -0.25) is 9.59 Å². The van der Waals surface area contributed by atoms with Crippen LogP contribution in [-0.2, 0) is 4.79 Å². The van der Waals surface area contributed by atoms with Crippen molar-refractivity contribution in [2.24, 2.45) is 5.41 Å². The van der Waals surface area contributed by atoms with Gasteiger partial charge in [0, 0.05) is 18.6 Å². The fourth-order valence-electron chi connectivity index (χ4n) is 3.10. The summed E-state index contributed by atoms with van der Waals surface area (Å²) in [5.41, 5.74) is -1.54. The van der Waals surface area contributed by atoms with Crippen LogP contribution in [0.1, 0.15) is 48.9 Å². The van der Waals surface area contributed by atoms with Gasteiger partial charge < -0.3 is 5.11 Å². The first-order chi connectivity index (χ1) is 9.83. The largest absolute Gasteiger partial charge is 0.481 e. The van der Waals surface area contributed by atoms with Crippen LogP contribution in [0.25, 0.3) is 0 Å². The van der Waals surface area contributed by atoms with Gasteiger partial charge >= 0.3 is 5.97 Å². The van der Waals surface area contributed by atoms with Crippen molar-refractivity contribution in [3.8, 4) is 0 Å². The predicted molar refractivity (Wildman–Crippen MR) is 68.4 cm³/mol. The van der Waals surface area contributed by atoms with Crippen molar-refractivity contribution in [3.05, 3.63) is 35.1 Å². The minimum Gasteiger partial charge on any atom is -0.481 e. The Kier molecular flexibility index (Phi) is 4.34. The highest BCUT2D eigenvalue weighted by atomic mass is 19.1. The molecule has 1 fully saturated rings. The quantitative estimate of drug-likeness (QED) is 0.843. The summed E-state index contributed by atoms with van der Waals surface area (Å²) in [5, 5.41) is 8.96. The molecule has 1 saturated carbocycles. The number of hydrogen-bond acceptors (Lipinski definition) is 2. The van der Waals surface area contributed by atoms with E-state index in [-0.39, 0.29) is 12.8 Å². The van der Waals surface area contributed by atoms with Crippen LogP contribution >= 0.6 is 0 Å². The fraction of sp³-hybridized carbons (Fsp3) is 0.467. The van der Waals surface area contributed by atoms with E-state index in [0.29, 0.717) is 25.0 Å². The second-order valence-electron chi connectivity index (χ2n) is 5.62. The average molecular weight is 300 g/mol. The lowest BCUT2D eigenvalue weighted by molar-refractivity contribution is -0.139. The Hall–Kier alpha value is -1.85. The molecule has 3 nitrogen and oxygen atoms in total. The molecule has 1 aliphatic carbocycles. The van der Waals surface area contributed by atoms with Crippen LogP contribution in [0.2, 0.25) is 0 Å². The van der Waals surface area contributed by atoms with E-state index in [1.165, 1.54) is 0 Å². The highest BCUT2D eigenvalue weighted by molar-refractivity contribution is 5.97. The summed E-state index contributed by atoms with van der Waals surface area (Å²) in [6, 6.07) is 0.906. The normalized spacial score (nSPS) is 16.9. The number of carbonyl (C=O) groups is 2. The van der Waals surface area contributed by atoms with Gasteiger partial charge in [0.1, 0.15) is 17.5 Å². The number of carboxylic acids is 1. The number of carbonyl (C=O) groups excluding carboxylic acids is 1. The van der Waals surface area contributed by atoms with E-state index in [4.69, 9.17) is 5.11 Å². The van der Waals surface area contributed by atoms with E-state index < -0.39 is 40.2 Å². The van der Waals surface area contributed by atoms with Crippen molar-refractivity contribution in [1.29, 1.82) is 0 Å². The molecule has 0 radical (unpaired) electrons. The summed E-state index contributed by atoms with van der Waals surface area (Å²) < 4.78 is 40.1. The Balaban J connectivity index is 2.26. The van der Waals surface area contributed by atoms with E-state index in [1.54, 1.807) is 0 Å². The molecule has 1 aromatic carbocycles. The van der Waals surface area contributed by atoms with Crippen LogP contribution in [0.4, 0.5) is 13.2 Å². The lowest BCUT2D eigenvalue weighted by Crippen LogP contribution is -2.25. The Morgan fingerprint density at radius 2 is 1.57 bits per heavy atom. The number of Topliss-reactive ketones (excluding diaryl/α,β-unsaturated/α-hetero) is 1. The van der Waals surface area contributed by atoms with Gasteiger partial charge in [-0.1, -0.05) is 12.8 Å². The lowest BCUT2D eigenvalue weighted by Gasteiger charge is -2.26. The van der Waals surface area contributed by atoms with Crippen molar-refractivity contribution >= 4 is 11.8 Å². The summed E-state index contributed by atoms with van der Waals surface area (Å²) in [7, 11) is 0. The molecular formula is C15H15F3O3. The van der Waals surface area contributed by atoms with Gasteiger partial charge in [0.2, 0.25) is 0 Å². The van der Waals surface area contributed by atoms with Gasteiger partial charge in [0.15, 0.2) is 5.78 Å². The van der Waals surface area contributed by atoms with Gasteiger partial charge in [0.05, 0.1) is 12.0 Å². The Morgan fingerprint density at radius 1 is 1.05 bits per heavy atom. The first-order valence-electron chi connectivity index (χ1n) is 6.72. The number of aliphatic carboxylic acids is 1. The van der Waals surface area contributed by atoms with Crippen molar-refractivity contribution in [1.82, 2.24) is 0 Å². The maximum absolute atomic E-state index is 13.6. The maximum atomic E-state index is 13.6. The van der Waals surface area contributed by atoms with E-state index in [0.717, 1.165) is 12.8 Å². The first kappa shape index (κ1) is 15.5. The van der Waals surface area contributed by atoms with E-state index in [2.05, 4.69) is 0 Å². The summed E-state index contributed by atoms with van der Waals surface area (Å²) >= 11 is 0. The molecule has 0 aromatic heterocycles. The summed E-state index contributed by atoms with van der Waals surface area (Å²) in [5.74, 6) is -5.44.